The van der Waals surface area contributed by atoms with Crippen molar-refractivity contribution in [1.82, 2.24) is 10.3 Å². The fourth-order valence-corrected chi connectivity index (χ4v) is 1.08. The maximum absolute atomic E-state index is 10.5. The van der Waals surface area contributed by atoms with Crippen LogP contribution >= 0.6 is 11.3 Å². The quantitative estimate of drug-likeness (QED) is 0.646. The van der Waals surface area contributed by atoms with Crippen LogP contribution in [0, 0.1) is 12.3 Å². The van der Waals surface area contributed by atoms with Gasteiger partial charge in [-0.1, -0.05) is 0 Å². The fourth-order valence-electron chi connectivity index (χ4n) is 0.548. The normalized spacial score (nSPS) is 8.64. The highest BCUT2D eigenvalue weighted by Crippen LogP contribution is 2.03. The van der Waals surface area contributed by atoms with Crippen molar-refractivity contribution < 1.29 is 4.79 Å². The summed E-state index contributed by atoms with van der Waals surface area (Å²) in [5.74, 6) is 1.57. The van der Waals surface area contributed by atoms with E-state index in [4.69, 9.17) is 6.42 Å². The van der Waals surface area contributed by atoms with E-state index in [1.165, 1.54) is 11.3 Å². The topological polar surface area (TPSA) is 42.0 Å². The lowest BCUT2D eigenvalue weighted by Crippen LogP contribution is -2.19. The molecule has 0 saturated heterocycles. The van der Waals surface area contributed by atoms with Crippen LogP contribution in [0.15, 0.2) is 11.7 Å². The summed E-state index contributed by atoms with van der Waals surface area (Å²) >= 11 is 1.48. The van der Waals surface area contributed by atoms with Crippen LogP contribution in [-0.2, 0) is 11.3 Å². The molecule has 0 aliphatic heterocycles. The summed E-state index contributed by atoms with van der Waals surface area (Å²) in [5.41, 5.74) is 1.71. The first-order valence-corrected chi connectivity index (χ1v) is 3.82. The number of aromatic nitrogens is 1. The lowest BCUT2D eigenvalue weighted by Gasteiger charge is -1.94. The standard InChI is InChI=1S/C7H6N2OS/c1-2-7(10)9-4-6-3-8-5-11-6/h1,3,5H,4H2,(H,9,10). The number of nitrogens with one attached hydrogen (secondary N) is 1. The maximum atomic E-state index is 10.5. The Balaban J connectivity index is 2.36. The van der Waals surface area contributed by atoms with Gasteiger partial charge in [-0.25, -0.2) is 0 Å². The number of hydrogen-bond acceptors (Lipinski definition) is 3. The van der Waals surface area contributed by atoms with Crippen molar-refractivity contribution in [1.29, 1.82) is 0 Å². The molecule has 1 heterocycles. The van der Waals surface area contributed by atoms with Crippen molar-refractivity contribution in [3.8, 4) is 12.3 Å². The number of carbonyl (C=O) groups excluding carboxylic acids is 1. The molecule has 0 spiro atoms. The van der Waals surface area contributed by atoms with E-state index in [9.17, 15) is 4.79 Å². The number of rotatable bonds is 2. The Morgan fingerprint density at radius 3 is 3.27 bits per heavy atom. The minimum Gasteiger partial charge on any atom is -0.340 e. The van der Waals surface area contributed by atoms with Crippen molar-refractivity contribution in [2.75, 3.05) is 0 Å². The van der Waals surface area contributed by atoms with Crippen molar-refractivity contribution in [3.05, 3.63) is 16.6 Å². The molecule has 0 atom stereocenters. The van der Waals surface area contributed by atoms with Gasteiger partial charge in [-0.05, 0) is 5.92 Å². The molecule has 0 radical (unpaired) electrons. The first kappa shape index (κ1) is 7.76. The Kier molecular flexibility index (Phi) is 2.64. The Labute approximate surface area is 68.5 Å². The van der Waals surface area contributed by atoms with Gasteiger partial charge in [0.15, 0.2) is 0 Å². The highest BCUT2D eigenvalue weighted by molar-refractivity contribution is 7.09. The van der Waals surface area contributed by atoms with E-state index in [0.717, 1.165) is 4.88 Å². The molecule has 1 N–H and O–H groups in total. The third-order valence-electron chi connectivity index (χ3n) is 1.04. The van der Waals surface area contributed by atoms with Gasteiger partial charge in [-0.15, -0.1) is 17.8 Å². The van der Waals surface area contributed by atoms with E-state index < -0.39 is 5.91 Å². The zero-order chi connectivity index (χ0) is 8.10. The largest absolute Gasteiger partial charge is 0.340 e. The first-order valence-electron chi connectivity index (χ1n) is 2.94. The summed E-state index contributed by atoms with van der Waals surface area (Å²) in [5, 5.41) is 2.53. The minimum absolute atomic E-state index is 0.390. The lowest BCUT2D eigenvalue weighted by atomic mass is 10.5. The summed E-state index contributed by atoms with van der Waals surface area (Å²) in [4.78, 5) is 15.4. The molecule has 4 heteroatoms. The molecule has 0 fully saturated rings. The lowest BCUT2D eigenvalue weighted by molar-refractivity contribution is -0.115. The average Bonchev–Trinajstić information content (AvgIpc) is 2.52. The molecular weight excluding hydrogens is 160 g/mol. The third-order valence-corrected chi connectivity index (χ3v) is 1.82. The molecule has 11 heavy (non-hydrogen) atoms. The molecule has 1 rings (SSSR count). The summed E-state index contributed by atoms with van der Waals surface area (Å²) in [6.07, 6.45) is 6.53. The maximum Gasteiger partial charge on any atom is 0.295 e. The van der Waals surface area contributed by atoms with Gasteiger partial charge in [0.1, 0.15) is 0 Å². The van der Waals surface area contributed by atoms with Gasteiger partial charge >= 0.3 is 0 Å². The van der Waals surface area contributed by atoms with E-state index in [2.05, 4.69) is 10.3 Å². The predicted octanol–water partition coefficient (Wildman–Crippen LogP) is 0.392. The van der Waals surface area contributed by atoms with Gasteiger partial charge in [0.2, 0.25) is 0 Å². The van der Waals surface area contributed by atoms with E-state index in [1.807, 2.05) is 5.92 Å². The Morgan fingerprint density at radius 1 is 1.91 bits per heavy atom. The second-order valence-corrected chi connectivity index (χ2v) is 2.77. The van der Waals surface area contributed by atoms with Crippen molar-refractivity contribution in [2.45, 2.75) is 6.54 Å². The summed E-state index contributed by atoms with van der Waals surface area (Å²) < 4.78 is 0. The number of carbonyl (C=O) groups is 1. The molecule has 3 nitrogen and oxygen atoms in total. The summed E-state index contributed by atoms with van der Waals surface area (Å²) in [7, 11) is 0. The Bertz CT molecular complexity index is 273. The monoisotopic (exact) mass is 166 g/mol. The molecule has 1 aromatic heterocycles. The molecule has 1 amide bonds. The molecular formula is C7H6N2OS. The van der Waals surface area contributed by atoms with Gasteiger partial charge < -0.3 is 5.32 Å². The van der Waals surface area contributed by atoms with Crippen LogP contribution < -0.4 is 5.32 Å². The number of amides is 1. The van der Waals surface area contributed by atoms with Crippen molar-refractivity contribution in [3.63, 3.8) is 0 Å². The molecule has 0 unspecified atom stereocenters. The van der Waals surface area contributed by atoms with Crippen LogP contribution in [0.1, 0.15) is 4.88 Å². The van der Waals surface area contributed by atoms with Gasteiger partial charge in [0, 0.05) is 11.1 Å². The fraction of sp³-hybridized carbons (Fsp3) is 0.143. The number of thiazole rings is 1. The highest BCUT2D eigenvalue weighted by atomic mass is 32.1. The van der Waals surface area contributed by atoms with Crippen LogP contribution in [0.4, 0.5) is 0 Å². The number of terminal acetylenes is 1. The van der Waals surface area contributed by atoms with Gasteiger partial charge in [-0.2, -0.15) is 0 Å². The molecule has 0 aliphatic carbocycles. The van der Waals surface area contributed by atoms with Crippen LogP contribution in [-0.4, -0.2) is 10.9 Å². The van der Waals surface area contributed by atoms with Crippen LogP contribution in [0.3, 0.4) is 0 Å². The van der Waals surface area contributed by atoms with Crippen LogP contribution in [0.2, 0.25) is 0 Å². The number of hydrogen-bond donors (Lipinski definition) is 1. The number of nitrogens with zero attached hydrogens (tertiary/aromatic N) is 1. The minimum atomic E-state index is -0.390. The molecule has 0 saturated carbocycles. The zero-order valence-electron chi connectivity index (χ0n) is 5.70. The van der Waals surface area contributed by atoms with E-state index in [-0.39, 0.29) is 0 Å². The molecule has 0 aromatic carbocycles. The third kappa shape index (κ3) is 2.40. The summed E-state index contributed by atoms with van der Waals surface area (Å²) in [6, 6.07) is 0. The van der Waals surface area contributed by atoms with Gasteiger partial charge in [-0.3, -0.25) is 9.78 Å². The Morgan fingerprint density at radius 2 is 2.73 bits per heavy atom. The van der Waals surface area contributed by atoms with Crippen molar-refractivity contribution >= 4 is 17.2 Å². The van der Waals surface area contributed by atoms with Crippen LogP contribution in [0.5, 0.6) is 0 Å². The smallest absolute Gasteiger partial charge is 0.295 e. The molecule has 0 aliphatic rings. The second kappa shape index (κ2) is 3.74. The van der Waals surface area contributed by atoms with Gasteiger partial charge in [0.25, 0.3) is 5.91 Å². The predicted molar refractivity (Wildman–Crippen MR) is 42.8 cm³/mol. The molecule has 56 valence electrons. The Hall–Kier alpha value is -1.34. The first-order chi connectivity index (χ1) is 5.33. The van der Waals surface area contributed by atoms with Crippen molar-refractivity contribution in [2.24, 2.45) is 0 Å². The van der Waals surface area contributed by atoms with E-state index >= 15 is 0 Å². The van der Waals surface area contributed by atoms with E-state index in [1.54, 1.807) is 11.7 Å². The average molecular weight is 166 g/mol. The zero-order valence-corrected chi connectivity index (χ0v) is 6.52. The molecule has 0 bridgehead atoms. The van der Waals surface area contributed by atoms with Gasteiger partial charge in [0.05, 0.1) is 12.1 Å². The molecule has 1 aromatic rings. The second-order valence-electron chi connectivity index (χ2n) is 1.79. The van der Waals surface area contributed by atoms with E-state index in [0.29, 0.717) is 6.54 Å². The SMILES string of the molecule is C#CC(=O)NCc1cncs1. The highest BCUT2D eigenvalue weighted by Gasteiger charge is 1.96. The van der Waals surface area contributed by atoms with Crippen LogP contribution in [0.25, 0.3) is 0 Å². The summed E-state index contributed by atoms with van der Waals surface area (Å²) in [6.45, 7) is 0.466.